The maximum Gasteiger partial charge on any atom is 0.460 e. The average Bonchev–Trinajstić information content (AvgIpc) is 3.05. The summed E-state index contributed by atoms with van der Waals surface area (Å²) in [5.41, 5.74) is 0. The molecule has 0 saturated heterocycles. The van der Waals surface area contributed by atoms with Gasteiger partial charge in [-0.2, -0.15) is 167 Å². The van der Waals surface area contributed by atoms with Crippen LogP contribution in [-0.4, -0.2) is 116 Å². The normalized spacial score (nSPS) is 17.0. The minimum Gasteiger partial charge on any atom is -0.339 e. The monoisotopic (exact) mass is 1080 g/mol. The van der Waals surface area contributed by atoms with Gasteiger partial charge in [-0.25, -0.2) is 0 Å². The van der Waals surface area contributed by atoms with Crippen LogP contribution in [0.5, 0.6) is 0 Å². The zero-order valence-electron chi connectivity index (χ0n) is 29.3. The average molecular weight is 1080 g/mol. The molecule has 41 heteroatoms. The third-order valence-electron chi connectivity index (χ3n) is 8.63. The van der Waals surface area contributed by atoms with Crippen molar-refractivity contribution in [2.45, 2.75) is 145 Å². The number of nitrogens with two attached hydrogens (primary N) is 2. The van der Waals surface area contributed by atoms with Gasteiger partial charge in [-0.05, 0) is 24.9 Å². The maximum absolute atomic E-state index is 14.1. The highest BCUT2D eigenvalue weighted by molar-refractivity contribution is 6.73. The summed E-state index contributed by atoms with van der Waals surface area (Å²) in [5.74, 6) is -140. The van der Waals surface area contributed by atoms with Gasteiger partial charge in [0, 0.05) is 12.8 Å². The van der Waals surface area contributed by atoms with Crippen molar-refractivity contribution in [2.75, 3.05) is 0 Å². The van der Waals surface area contributed by atoms with Crippen molar-refractivity contribution in [3.05, 3.63) is 0 Å². The van der Waals surface area contributed by atoms with Crippen molar-refractivity contribution >= 4 is 8.40 Å². The van der Waals surface area contributed by atoms with Crippen LogP contribution in [0, 0.1) is 0 Å². The highest BCUT2D eigenvalue weighted by atomic mass is 28.3. The summed E-state index contributed by atoms with van der Waals surface area (Å²) in [4.78, 5) is 0. The summed E-state index contributed by atoms with van der Waals surface area (Å²) in [6.07, 6.45) is -27.6. The second-order valence-electron chi connectivity index (χ2n) is 13.4. The largest absolute Gasteiger partial charge is 0.460 e. The van der Waals surface area contributed by atoms with Crippen LogP contribution in [0.25, 0.3) is 0 Å². The van der Waals surface area contributed by atoms with Crippen LogP contribution >= 0.6 is 0 Å². The minimum absolute atomic E-state index is 1.91. The summed E-state index contributed by atoms with van der Waals surface area (Å²) in [7, 11) is -5.16. The fourth-order valence-electron chi connectivity index (χ4n) is 4.51. The summed E-state index contributed by atoms with van der Waals surface area (Å²) in [6, 6.07) is -3.83. The molecule has 2 nitrogen and oxygen atoms in total. The van der Waals surface area contributed by atoms with E-state index < -0.39 is 153 Å². The quantitative estimate of drug-likeness (QED) is 0.0838. The first-order valence-corrected chi connectivity index (χ1v) is 17.7. The Morgan fingerprint density at radius 3 is 0.508 bits per heavy atom. The first-order valence-electron chi connectivity index (χ1n) is 15.2. The van der Waals surface area contributed by atoms with E-state index in [-0.39, 0.29) is 0 Å². The maximum atomic E-state index is 14.1. The molecule has 0 amide bonds. The molecule has 0 aliphatic heterocycles. The van der Waals surface area contributed by atoms with Crippen LogP contribution in [0.1, 0.15) is 25.7 Å². The fourth-order valence-corrected chi connectivity index (χ4v) is 6.43. The molecule has 0 rings (SSSR count). The standard InChI is InChI=1S/C24H16F38N2Si/c25-7(26,9(29,30)11(33,34)13(37,38)15(41,42)17(45,46)19(49,50)21(53,54)23(57,58)59)3-1-5-65(63,64)6-2-4-8(27,28)10(31,32)12(35,36)14(39,40)16(43,44)18(47,48)20(51,52)22(55,56)24(60,61)62/h1-6,63-64H2. The van der Waals surface area contributed by atoms with Crippen molar-refractivity contribution in [1.82, 2.24) is 0 Å². The third kappa shape index (κ3) is 8.77. The first kappa shape index (κ1) is 62.5. The van der Waals surface area contributed by atoms with Crippen LogP contribution in [-0.2, 0) is 0 Å². The number of rotatable bonds is 22. The molecule has 0 spiro atoms. The van der Waals surface area contributed by atoms with E-state index in [9.17, 15) is 167 Å². The Morgan fingerprint density at radius 2 is 0.354 bits per heavy atom. The zero-order chi connectivity index (χ0) is 53.7. The van der Waals surface area contributed by atoms with Gasteiger partial charge >= 0.3 is 107 Å². The van der Waals surface area contributed by atoms with E-state index in [0.29, 0.717) is 0 Å². The number of halogens is 38. The van der Waals surface area contributed by atoms with Gasteiger partial charge in [0.05, 0.1) is 0 Å². The Kier molecular flexibility index (Phi) is 15.7. The lowest BCUT2D eigenvalue weighted by Crippen LogP contribution is -2.75. The lowest BCUT2D eigenvalue weighted by atomic mass is 9.86. The molecule has 0 aliphatic carbocycles. The molecule has 0 aromatic carbocycles. The van der Waals surface area contributed by atoms with Crippen molar-refractivity contribution in [3.63, 3.8) is 0 Å². The number of alkyl halides is 38. The SMILES string of the molecule is N[Si](N)(CCCC(F)(F)C(F)(F)C(F)(F)C(F)(F)C(F)(F)C(F)(F)C(F)(F)C(F)(F)C(F)(F)F)CCCC(F)(F)C(F)(F)C(F)(F)C(F)(F)C(F)(F)C(F)(F)C(F)(F)C(F)(F)C(F)(F)F. The zero-order valence-corrected chi connectivity index (χ0v) is 30.3. The molecular weight excluding hydrogens is 1070 g/mol. The molecule has 0 aliphatic rings. The molecule has 0 unspecified atom stereocenters. The van der Waals surface area contributed by atoms with Crippen molar-refractivity contribution in [3.8, 4) is 0 Å². The number of hydrogen-bond donors (Lipinski definition) is 2. The predicted octanol–water partition coefficient (Wildman–Crippen LogP) is 13.2. The summed E-state index contributed by atoms with van der Waals surface area (Å²) in [5, 5.41) is 10.1. The van der Waals surface area contributed by atoms with E-state index in [1.54, 1.807) is 0 Å². The Morgan fingerprint density at radius 1 is 0.215 bits per heavy atom. The molecular formula is C24H16F38N2Si. The summed E-state index contributed by atoms with van der Waals surface area (Å²) < 4.78 is 511. The minimum atomic E-state index is -9.31. The van der Waals surface area contributed by atoms with Crippen LogP contribution in [0.15, 0.2) is 0 Å². The second-order valence-corrected chi connectivity index (χ2v) is 16.9. The Hall–Kier alpha value is -2.52. The lowest BCUT2D eigenvalue weighted by Gasteiger charge is -2.44. The van der Waals surface area contributed by atoms with Crippen LogP contribution < -0.4 is 10.8 Å². The van der Waals surface area contributed by atoms with Crippen molar-refractivity contribution in [2.24, 2.45) is 10.8 Å². The first-order chi connectivity index (χ1) is 27.4. The van der Waals surface area contributed by atoms with Crippen LogP contribution in [0.4, 0.5) is 167 Å². The molecule has 4 N–H and O–H groups in total. The third-order valence-corrected chi connectivity index (χ3v) is 11.2. The van der Waals surface area contributed by atoms with E-state index in [1.807, 2.05) is 0 Å². The van der Waals surface area contributed by atoms with E-state index >= 15 is 0 Å². The van der Waals surface area contributed by atoms with Gasteiger partial charge in [0.2, 0.25) is 0 Å². The van der Waals surface area contributed by atoms with E-state index in [4.69, 9.17) is 10.8 Å². The smallest absolute Gasteiger partial charge is 0.339 e. The molecule has 0 aromatic heterocycles. The molecule has 0 heterocycles. The van der Waals surface area contributed by atoms with Crippen LogP contribution in [0.2, 0.25) is 12.1 Å². The molecule has 392 valence electrons. The van der Waals surface area contributed by atoms with Gasteiger partial charge in [-0.1, -0.05) is 0 Å². The van der Waals surface area contributed by atoms with Gasteiger partial charge in [0.15, 0.2) is 8.40 Å². The van der Waals surface area contributed by atoms with Gasteiger partial charge in [-0.15, -0.1) is 0 Å². The highest BCUT2D eigenvalue weighted by Crippen LogP contribution is 2.67. The van der Waals surface area contributed by atoms with Crippen molar-refractivity contribution in [1.29, 1.82) is 0 Å². The molecule has 0 aromatic rings. The van der Waals surface area contributed by atoms with Gasteiger partial charge in [0.1, 0.15) is 0 Å². The Bertz CT molecular complexity index is 1530. The van der Waals surface area contributed by atoms with Crippen molar-refractivity contribution < 1.29 is 167 Å². The molecule has 0 fully saturated rings. The Balaban J connectivity index is 6.45. The van der Waals surface area contributed by atoms with Gasteiger partial charge < -0.3 is 10.8 Å². The van der Waals surface area contributed by atoms with E-state index in [0.717, 1.165) is 0 Å². The van der Waals surface area contributed by atoms with Gasteiger partial charge in [-0.3, -0.25) is 0 Å². The van der Waals surface area contributed by atoms with E-state index in [2.05, 4.69) is 0 Å². The molecule has 0 bridgehead atoms. The topological polar surface area (TPSA) is 52.0 Å². The number of hydrogen-bond acceptors (Lipinski definition) is 2. The summed E-state index contributed by atoms with van der Waals surface area (Å²) >= 11 is 0. The van der Waals surface area contributed by atoms with E-state index in [1.165, 1.54) is 0 Å². The molecule has 0 radical (unpaired) electrons. The second kappa shape index (κ2) is 16.3. The highest BCUT2D eigenvalue weighted by Gasteiger charge is 2.98. The molecule has 0 saturated carbocycles. The predicted molar refractivity (Wildman–Crippen MR) is 133 cm³/mol. The summed E-state index contributed by atoms with van der Waals surface area (Å²) in [6.45, 7) is 0. The van der Waals surface area contributed by atoms with Crippen LogP contribution in [0.3, 0.4) is 0 Å². The lowest BCUT2D eigenvalue weighted by molar-refractivity contribution is -0.468. The fraction of sp³-hybridized carbons (Fsp3) is 1.00. The van der Waals surface area contributed by atoms with Gasteiger partial charge in [0.25, 0.3) is 0 Å². The Labute approximate surface area is 332 Å². The molecule has 0 atom stereocenters. The molecule has 65 heavy (non-hydrogen) atoms.